The van der Waals surface area contributed by atoms with Crippen molar-refractivity contribution in [3.05, 3.63) is 59.7 Å². The van der Waals surface area contributed by atoms with E-state index in [9.17, 15) is 4.79 Å². The number of rotatable bonds is 2. The third-order valence-corrected chi connectivity index (χ3v) is 7.39. The zero-order valence-electron chi connectivity index (χ0n) is 16.0. The second-order valence-electron chi connectivity index (χ2n) is 8.97. The lowest BCUT2D eigenvalue weighted by atomic mass is 9.95. The SMILES string of the molecule is C[N+]1(C)[C@H]2CC(OC(=O)C3c4ccccc4-c4ccccc43)C[C@H]1C1OC12.[Br-]. The largest absolute Gasteiger partial charge is 1.00 e. The van der Waals surface area contributed by atoms with E-state index in [0.717, 1.165) is 39.6 Å². The highest BCUT2D eigenvalue weighted by molar-refractivity contribution is 5.93. The molecular weight excluding hydrogens is 418 g/mol. The average Bonchev–Trinajstić information content (AvgIpc) is 3.34. The van der Waals surface area contributed by atoms with Gasteiger partial charge in [0.15, 0.2) is 0 Å². The molecule has 3 heterocycles. The van der Waals surface area contributed by atoms with Gasteiger partial charge in [-0.3, -0.25) is 4.79 Å². The fourth-order valence-electron chi connectivity index (χ4n) is 5.94. The number of esters is 1. The molecular formula is C23H24BrNO3. The lowest BCUT2D eigenvalue weighted by Crippen LogP contribution is -3.00. The van der Waals surface area contributed by atoms with Crippen LogP contribution < -0.4 is 17.0 Å². The van der Waals surface area contributed by atoms with Gasteiger partial charge in [-0.1, -0.05) is 48.5 Å². The van der Waals surface area contributed by atoms with Crippen LogP contribution in [0, 0.1) is 0 Å². The fourth-order valence-corrected chi connectivity index (χ4v) is 5.94. The van der Waals surface area contributed by atoms with Gasteiger partial charge in [0.25, 0.3) is 0 Å². The summed E-state index contributed by atoms with van der Waals surface area (Å²) in [5, 5.41) is 0. The van der Waals surface area contributed by atoms with Crippen molar-refractivity contribution in [3.8, 4) is 11.1 Å². The molecule has 3 saturated heterocycles. The topological polar surface area (TPSA) is 38.8 Å². The molecule has 4 aliphatic rings. The van der Waals surface area contributed by atoms with Gasteiger partial charge in [0, 0.05) is 12.8 Å². The van der Waals surface area contributed by atoms with Crippen LogP contribution in [0.1, 0.15) is 29.9 Å². The van der Waals surface area contributed by atoms with E-state index < -0.39 is 0 Å². The Hall–Kier alpha value is -1.69. The number of ether oxygens (including phenoxy) is 2. The predicted molar refractivity (Wildman–Crippen MR) is 101 cm³/mol. The van der Waals surface area contributed by atoms with E-state index in [0.29, 0.717) is 24.3 Å². The molecule has 2 aromatic carbocycles. The van der Waals surface area contributed by atoms with Crippen LogP contribution in [0.15, 0.2) is 48.5 Å². The number of quaternary nitrogens is 1. The summed E-state index contributed by atoms with van der Waals surface area (Å²) in [5.74, 6) is -0.399. The smallest absolute Gasteiger partial charge is 0.318 e. The summed E-state index contributed by atoms with van der Waals surface area (Å²) in [4.78, 5) is 13.3. The molecule has 0 radical (unpaired) electrons. The van der Waals surface area contributed by atoms with Crippen molar-refractivity contribution in [2.45, 2.75) is 49.2 Å². The number of nitrogens with zero attached hydrogens (tertiary/aromatic N) is 1. The number of carbonyl (C=O) groups is 1. The summed E-state index contributed by atoms with van der Waals surface area (Å²) in [6, 6.07) is 17.3. The summed E-state index contributed by atoms with van der Waals surface area (Å²) in [6.45, 7) is 0. The number of hydrogen-bond acceptors (Lipinski definition) is 3. The van der Waals surface area contributed by atoms with Crippen molar-refractivity contribution < 1.29 is 35.7 Å². The first-order valence-electron chi connectivity index (χ1n) is 9.93. The van der Waals surface area contributed by atoms with Crippen molar-refractivity contribution in [1.29, 1.82) is 0 Å². The molecule has 0 saturated carbocycles. The number of benzene rings is 2. The van der Waals surface area contributed by atoms with E-state index in [4.69, 9.17) is 9.47 Å². The Balaban J connectivity index is 0.00000171. The van der Waals surface area contributed by atoms with Gasteiger partial charge in [0.1, 0.15) is 36.3 Å². The van der Waals surface area contributed by atoms with Gasteiger partial charge < -0.3 is 30.9 Å². The van der Waals surface area contributed by atoms with Gasteiger partial charge in [-0.2, -0.15) is 0 Å². The second-order valence-corrected chi connectivity index (χ2v) is 8.97. The first-order valence-corrected chi connectivity index (χ1v) is 9.93. The maximum Gasteiger partial charge on any atom is 0.318 e. The van der Waals surface area contributed by atoms with E-state index in [-0.39, 0.29) is 35.0 Å². The number of likely N-dealkylation sites (N-methyl/N-ethyl adjacent to an activating group) is 1. The van der Waals surface area contributed by atoms with Gasteiger partial charge in [0.05, 0.1) is 14.1 Å². The van der Waals surface area contributed by atoms with Crippen LogP contribution in [0.2, 0.25) is 0 Å². The molecule has 2 aromatic rings. The van der Waals surface area contributed by atoms with E-state index in [1.165, 1.54) is 0 Å². The highest BCUT2D eigenvalue weighted by atomic mass is 79.9. The zero-order chi connectivity index (χ0) is 18.3. The van der Waals surface area contributed by atoms with Crippen molar-refractivity contribution in [1.82, 2.24) is 0 Å². The molecule has 4 atom stereocenters. The van der Waals surface area contributed by atoms with Gasteiger partial charge in [-0.25, -0.2) is 0 Å². The maximum atomic E-state index is 13.3. The van der Waals surface area contributed by atoms with E-state index in [1.807, 2.05) is 24.3 Å². The second kappa shape index (κ2) is 6.15. The quantitative estimate of drug-likeness (QED) is 0.377. The Morgan fingerprint density at radius 3 is 1.96 bits per heavy atom. The molecule has 0 amide bonds. The third-order valence-electron chi connectivity index (χ3n) is 7.39. The molecule has 2 bridgehead atoms. The normalized spacial score (nSPS) is 33.3. The minimum Gasteiger partial charge on any atom is -1.00 e. The maximum absolute atomic E-state index is 13.3. The van der Waals surface area contributed by atoms with E-state index in [1.54, 1.807) is 0 Å². The number of hydrogen-bond donors (Lipinski definition) is 0. The molecule has 0 spiro atoms. The van der Waals surface area contributed by atoms with Crippen LogP contribution >= 0.6 is 0 Å². The Morgan fingerprint density at radius 2 is 1.43 bits per heavy atom. The molecule has 4 nitrogen and oxygen atoms in total. The van der Waals surface area contributed by atoms with E-state index in [2.05, 4.69) is 38.4 Å². The minimum absolute atomic E-state index is 0. The first kappa shape index (κ1) is 18.3. The summed E-state index contributed by atoms with van der Waals surface area (Å²) in [7, 11) is 4.60. The monoisotopic (exact) mass is 441 g/mol. The first-order chi connectivity index (χ1) is 13.1. The Morgan fingerprint density at radius 1 is 0.929 bits per heavy atom. The van der Waals surface area contributed by atoms with Crippen LogP contribution in [0.3, 0.4) is 0 Å². The Labute approximate surface area is 175 Å². The number of halogens is 1. The highest BCUT2D eigenvalue weighted by Gasteiger charge is 2.70. The van der Waals surface area contributed by atoms with Crippen LogP contribution in [0.4, 0.5) is 0 Å². The Bertz CT molecular complexity index is 893. The minimum atomic E-state index is -0.301. The van der Waals surface area contributed by atoms with E-state index >= 15 is 0 Å². The summed E-state index contributed by atoms with van der Waals surface area (Å²) in [5.41, 5.74) is 4.46. The molecule has 3 fully saturated rings. The standard InChI is InChI=1S/C23H24NO3.BrH/c1-24(2)18-11-13(12-19(24)22-21(18)27-22)26-23(25)20-16-9-5-3-7-14(16)15-8-4-6-10-17(15)20;/h3-10,13,18-22H,11-12H2,1-2H3;1H/q+1;/p-1/t13?,18-,19-,21?,22?;/m0./s1. The molecule has 5 heteroatoms. The lowest BCUT2D eigenvalue weighted by molar-refractivity contribution is -0.938. The Kier molecular flexibility index (Phi) is 4.03. The number of piperidine rings is 1. The lowest BCUT2D eigenvalue weighted by Gasteiger charge is -2.45. The summed E-state index contributed by atoms with van der Waals surface area (Å²) >= 11 is 0. The van der Waals surface area contributed by atoms with Crippen molar-refractivity contribution in [2.75, 3.05) is 14.1 Å². The van der Waals surface area contributed by atoms with Crippen LogP contribution in [-0.4, -0.2) is 54.9 Å². The van der Waals surface area contributed by atoms with Crippen molar-refractivity contribution >= 4 is 5.97 Å². The van der Waals surface area contributed by atoms with Gasteiger partial charge in [0.2, 0.25) is 0 Å². The molecule has 2 unspecified atom stereocenters. The fraction of sp³-hybridized carbons (Fsp3) is 0.435. The van der Waals surface area contributed by atoms with Crippen molar-refractivity contribution in [3.63, 3.8) is 0 Å². The van der Waals surface area contributed by atoms with Crippen LogP contribution in [0.25, 0.3) is 11.1 Å². The summed E-state index contributed by atoms with van der Waals surface area (Å²) in [6.07, 6.45) is 2.58. The molecule has 0 aromatic heterocycles. The molecule has 0 N–H and O–H groups in total. The number of carbonyl (C=O) groups excluding carboxylic acids is 1. The van der Waals surface area contributed by atoms with Crippen molar-refractivity contribution in [2.24, 2.45) is 0 Å². The van der Waals surface area contributed by atoms with Crippen LogP contribution in [-0.2, 0) is 14.3 Å². The molecule has 146 valence electrons. The van der Waals surface area contributed by atoms with Gasteiger partial charge in [-0.15, -0.1) is 0 Å². The molecule has 28 heavy (non-hydrogen) atoms. The van der Waals surface area contributed by atoms with Gasteiger partial charge >= 0.3 is 5.97 Å². The molecule has 3 aliphatic heterocycles. The highest BCUT2D eigenvalue weighted by Crippen LogP contribution is 2.52. The molecule has 6 rings (SSSR count). The molecule has 1 aliphatic carbocycles. The van der Waals surface area contributed by atoms with Gasteiger partial charge in [-0.05, 0) is 22.3 Å². The average molecular weight is 442 g/mol. The third kappa shape index (κ3) is 2.39. The number of epoxide rings is 1. The zero-order valence-corrected chi connectivity index (χ0v) is 17.6. The van der Waals surface area contributed by atoms with Crippen LogP contribution in [0.5, 0.6) is 0 Å². The predicted octanol–water partition coefficient (Wildman–Crippen LogP) is 0.103. The number of morpholine rings is 1. The summed E-state index contributed by atoms with van der Waals surface area (Å²) < 4.78 is 13.0. The number of fused-ring (bicyclic) bond motifs is 8.